The van der Waals surface area contributed by atoms with Crippen LogP contribution in [-0.2, 0) is 5.41 Å². The van der Waals surface area contributed by atoms with Gasteiger partial charge < -0.3 is 9.47 Å². The van der Waals surface area contributed by atoms with E-state index in [1.165, 1.54) is 60.0 Å². The molecule has 13 aromatic carbocycles. The quantitative estimate of drug-likeness (QED) is 0.114. The van der Waals surface area contributed by atoms with Gasteiger partial charge in [-0.05, 0) is 153 Å². The molecular formula is C84H59N6P. The summed E-state index contributed by atoms with van der Waals surface area (Å²) in [6.45, 7) is 4.71. The number of benzene rings is 13. The van der Waals surface area contributed by atoms with Crippen molar-refractivity contribution in [2.75, 3.05) is 4.90 Å². The molecule has 430 valence electrons. The molecule has 0 aliphatic heterocycles. The van der Waals surface area contributed by atoms with Crippen LogP contribution in [0.25, 0.3) is 111 Å². The maximum Gasteiger partial charge on any atom is 0.238 e. The smallest absolute Gasteiger partial charge is 0.238 e. The van der Waals surface area contributed by atoms with E-state index in [9.17, 15) is 0 Å². The van der Waals surface area contributed by atoms with Crippen LogP contribution in [0.15, 0.2) is 322 Å². The third-order valence-electron chi connectivity index (χ3n) is 18.4. The monoisotopic (exact) mass is 1180 g/mol. The molecular weight excluding hydrogens is 1120 g/mol. The Morgan fingerprint density at radius 3 is 1.29 bits per heavy atom. The lowest BCUT2D eigenvalue weighted by Gasteiger charge is -2.27. The highest BCUT2D eigenvalue weighted by atomic mass is 31.1. The Balaban J connectivity index is 0.772. The lowest BCUT2D eigenvalue weighted by molar-refractivity contribution is 0.661. The van der Waals surface area contributed by atoms with E-state index in [2.05, 4.69) is 313 Å². The normalized spacial score (nSPS) is 12.5. The van der Waals surface area contributed by atoms with E-state index in [1.54, 1.807) is 0 Å². The second kappa shape index (κ2) is 22.1. The molecule has 3 aromatic heterocycles. The van der Waals surface area contributed by atoms with Gasteiger partial charge in [0.25, 0.3) is 0 Å². The summed E-state index contributed by atoms with van der Waals surface area (Å²) in [5.41, 5.74) is 20.2. The first-order chi connectivity index (χ1) is 44.9. The van der Waals surface area contributed by atoms with Crippen molar-refractivity contribution in [3.05, 3.63) is 333 Å². The molecule has 0 unspecified atom stereocenters. The highest BCUT2D eigenvalue weighted by Gasteiger charge is 2.36. The Bertz CT molecular complexity index is 5240. The van der Waals surface area contributed by atoms with Crippen LogP contribution in [-0.4, -0.2) is 24.1 Å². The standard InChI is InChI=1S/C84H59N6P/c1-84(2)75-32-18-15-29-69(75)72-55-80-74(54-76(72)84)73-53-61(41-52-79(73)90(80)83-86-81(59-21-7-3-8-22-59)85-82(87-83)60-23-9-4-10-24-60)58-39-44-63(45-40-58)88(64-48-50-68(51-49-64)91(66-25-11-5-12-26-66)67-27-13-6-14-28-67)62-42-35-56(36-43-62)57-37-46-65(47-38-57)89-77-33-19-16-30-70(77)71-31-17-20-34-78(71)89/h3-55H,1-2H3. The lowest BCUT2D eigenvalue weighted by Crippen LogP contribution is -2.20. The van der Waals surface area contributed by atoms with Crippen LogP contribution in [0.2, 0.25) is 0 Å². The Morgan fingerprint density at radius 2 is 0.725 bits per heavy atom. The molecule has 6 nitrogen and oxygen atoms in total. The highest BCUT2D eigenvalue weighted by Crippen LogP contribution is 2.51. The summed E-state index contributed by atoms with van der Waals surface area (Å²) in [5.74, 6) is 1.81. The largest absolute Gasteiger partial charge is 0.311 e. The topological polar surface area (TPSA) is 51.8 Å². The number of para-hydroxylation sites is 2. The maximum absolute atomic E-state index is 5.32. The van der Waals surface area contributed by atoms with Crippen molar-refractivity contribution in [1.29, 1.82) is 0 Å². The first kappa shape index (κ1) is 53.9. The van der Waals surface area contributed by atoms with Gasteiger partial charge in [-0.3, -0.25) is 4.57 Å². The molecule has 0 spiro atoms. The van der Waals surface area contributed by atoms with Gasteiger partial charge in [-0.15, -0.1) is 0 Å². The van der Waals surface area contributed by atoms with Crippen LogP contribution in [0.4, 0.5) is 17.1 Å². The zero-order valence-electron chi connectivity index (χ0n) is 50.2. The molecule has 7 heteroatoms. The Kier molecular flexibility index (Phi) is 13.1. The predicted octanol–water partition coefficient (Wildman–Crippen LogP) is 20.3. The zero-order chi connectivity index (χ0) is 60.6. The van der Waals surface area contributed by atoms with Crippen molar-refractivity contribution >= 4 is 84.5 Å². The fourth-order valence-electron chi connectivity index (χ4n) is 13.9. The van der Waals surface area contributed by atoms with Crippen LogP contribution in [0, 0.1) is 0 Å². The summed E-state index contributed by atoms with van der Waals surface area (Å²) in [5, 5.41) is 8.74. The van der Waals surface area contributed by atoms with Crippen molar-refractivity contribution < 1.29 is 0 Å². The van der Waals surface area contributed by atoms with Crippen molar-refractivity contribution in [2.45, 2.75) is 19.3 Å². The van der Waals surface area contributed by atoms with Crippen LogP contribution < -0.4 is 20.8 Å². The van der Waals surface area contributed by atoms with Gasteiger partial charge in [0.2, 0.25) is 5.95 Å². The van der Waals surface area contributed by atoms with Gasteiger partial charge in [-0.25, -0.2) is 4.98 Å². The summed E-state index contributed by atoms with van der Waals surface area (Å²) in [6, 6.07) is 117. The molecule has 0 fully saturated rings. The molecule has 0 saturated carbocycles. The number of rotatable bonds is 12. The minimum absolute atomic E-state index is 0.199. The molecule has 16 aromatic rings. The SMILES string of the molecule is CC1(C)c2ccccc2-c2cc3c(cc21)c1cc(-c2ccc(N(c4ccc(-c5ccc(-n6c7ccccc7c7ccccc76)cc5)cc4)c4ccc(P(c5ccccc5)c5ccccc5)cc4)cc2)ccc1n3-c1nc(-c2ccccc2)nc(-c2ccccc2)n1. The molecule has 17 rings (SSSR count). The minimum Gasteiger partial charge on any atom is -0.311 e. The molecule has 0 radical (unpaired) electrons. The highest BCUT2D eigenvalue weighted by molar-refractivity contribution is 7.79. The van der Waals surface area contributed by atoms with Gasteiger partial charge in [0.15, 0.2) is 11.6 Å². The van der Waals surface area contributed by atoms with Gasteiger partial charge in [-0.2, -0.15) is 9.97 Å². The van der Waals surface area contributed by atoms with Crippen LogP contribution in [0.3, 0.4) is 0 Å². The first-order valence-electron chi connectivity index (χ1n) is 31.1. The third-order valence-corrected chi connectivity index (χ3v) is 20.8. The number of fused-ring (bicyclic) bond motifs is 9. The van der Waals surface area contributed by atoms with E-state index >= 15 is 0 Å². The van der Waals surface area contributed by atoms with E-state index in [1.807, 2.05) is 36.4 Å². The van der Waals surface area contributed by atoms with Crippen molar-refractivity contribution in [2.24, 2.45) is 0 Å². The molecule has 0 atom stereocenters. The maximum atomic E-state index is 5.32. The van der Waals surface area contributed by atoms with E-state index in [4.69, 9.17) is 15.0 Å². The van der Waals surface area contributed by atoms with Gasteiger partial charge in [-0.1, -0.05) is 250 Å². The number of nitrogens with zero attached hydrogens (tertiary/aromatic N) is 6. The second-order valence-corrected chi connectivity index (χ2v) is 26.3. The summed E-state index contributed by atoms with van der Waals surface area (Å²) >= 11 is 0. The summed E-state index contributed by atoms with van der Waals surface area (Å²) in [7, 11) is -0.786. The van der Waals surface area contributed by atoms with E-state index in [-0.39, 0.29) is 5.41 Å². The van der Waals surface area contributed by atoms with Crippen LogP contribution in [0.5, 0.6) is 0 Å². The van der Waals surface area contributed by atoms with E-state index in [0.29, 0.717) is 17.6 Å². The van der Waals surface area contributed by atoms with E-state index in [0.717, 1.165) is 77.9 Å². The van der Waals surface area contributed by atoms with Gasteiger partial charge in [0.1, 0.15) is 0 Å². The number of hydrogen-bond acceptors (Lipinski definition) is 4. The fraction of sp³-hybridized carbons (Fsp3) is 0.0357. The Morgan fingerprint density at radius 1 is 0.297 bits per heavy atom. The molecule has 0 amide bonds. The average molecular weight is 1180 g/mol. The predicted molar refractivity (Wildman–Crippen MR) is 381 cm³/mol. The lowest BCUT2D eigenvalue weighted by atomic mass is 9.82. The summed E-state index contributed by atoms with van der Waals surface area (Å²) in [4.78, 5) is 18.1. The molecule has 3 heterocycles. The third kappa shape index (κ3) is 9.34. The van der Waals surface area contributed by atoms with Gasteiger partial charge in [0.05, 0.1) is 22.1 Å². The van der Waals surface area contributed by atoms with E-state index < -0.39 is 7.92 Å². The molecule has 1 aliphatic carbocycles. The molecule has 91 heavy (non-hydrogen) atoms. The summed E-state index contributed by atoms with van der Waals surface area (Å²) in [6.07, 6.45) is 0. The Labute approximate surface area is 530 Å². The summed E-state index contributed by atoms with van der Waals surface area (Å²) < 4.78 is 4.63. The van der Waals surface area contributed by atoms with Crippen LogP contribution >= 0.6 is 7.92 Å². The zero-order valence-corrected chi connectivity index (χ0v) is 51.1. The number of aromatic nitrogens is 5. The van der Waals surface area contributed by atoms with Crippen molar-refractivity contribution in [3.63, 3.8) is 0 Å². The first-order valence-corrected chi connectivity index (χ1v) is 32.4. The fourth-order valence-corrected chi connectivity index (χ4v) is 16.2. The van der Waals surface area contributed by atoms with Gasteiger partial charge >= 0.3 is 0 Å². The van der Waals surface area contributed by atoms with Crippen molar-refractivity contribution in [3.8, 4) is 67.8 Å². The average Bonchev–Trinajstić information content (AvgIpc) is 1.56. The minimum atomic E-state index is -0.786. The second-order valence-electron chi connectivity index (χ2n) is 24.0. The van der Waals surface area contributed by atoms with Crippen LogP contribution in [0.1, 0.15) is 25.0 Å². The number of anilines is 3. The number of hydrogen-bond donors (Lipinski definition) is 0. The molecule has 0 bridgehead atoms. The van der Waals surface area contributed by atoms with Crippen molar-refractivity contribution in [1.82, 2.24) is 24.1 Å². The molecule has 0 saturated heterocycles. The Hall–Kier alpha value is -11.3. The molecule has 1 aliphatic rings. The molecule has 0 N–H and O–H groups in total. The van der Waals surface area contributed by atoms with Gasteiger partial charge in [0, 0.05) is 60.8 Å².